The topological polar surface area (TPSA) is 26.3 Å². The van der Waals surface area contributed by atoms with Gasteiger partial charge in [0.2, 0.25) is 0 Å². The molecule has 0 spiro atoms. The van der Waals surface area contributed by atoms with Crippen molar-refractivity contribution in [1.29, 1.82) is 0 Å². The standard InChI is InChI=1S/C12H14BrClO2/c1-12(2,3)16-11(15)7-8-9(13)5-4-6-10(8)14/h4-6H,7H2,1-3H3. The Morgan fingerprint density at radius 1 is 1.44 bits per heavy atom. The first kappa shape index (κ1) is 13.5. The van der Waals surface area contributed by atoms with E-state index in [9.17, 15) is 4.79 Å². The molecule has 1 aromatic carbocycles. The van der Waals surface area contributed by atoms with Crippen LogP contribution >= 0.6 is 27.5 Å². The van der Waals surface area contributed by atoms with E-state index in [-0.39, 0.29) is 12.4 Å². The number of carbonyl (C=O) groups excluding carboxylic acids is 1. The van der Waals surface area contributed by atoms with E-state index in [1.165, 1.54) is 0 Å². The number of hydrogen-bond donors (Lipinski definition) is 0. The second-order valence-corrected chi connectivity index (χ2v) is 5.72. The number of benzene rings is 1. The lowest BCUT2D eigenvalue weighted by molar-refractivity contribution is -0.153. The van der Waals surface area contributed by atoms with Gasteiger partial charge in [0.05, 0.1) is 6.42 Å². The Hall–Kier alpha value is -0.540. The van der Waals surface area contributed by atoms with Gasteiger partial charge in [-0.15, -0.1) is 0 Å². The lowest BCUT2D eigenvalue weighted by atomic mass is 10.1. The predicted octanol–water partition coefficient (Wildman–Crippen LogP) is 3.99. The van der Waals surface area contributed by atoms with Crippen molar-refractivity contribution < 1.29 is 9.53 Å². The predicted molar refractivity (Wildman–Crippen MR) is 68.7 cm³/mol. The van der Waals surface area contributed by atoms with E-state index < -0.39 is 5.60 Å². The van der Waals surface area contributed by atoms with E-state index in [0.717, 1.165) is 10.0 Å². The van der Waals surface area contributed by atoms with Gasteiger partial charge in [0, 0.05) is 9.50 Å². The third-order valence-corrected chi connectivity index (χ3v) is 2.90. The molecule has 0 radical (unpaired) electrons. The van der Waals surface area contributed by atoms with Crippen molar-refractivity contribution in [3.8, 4) is 0 Å². The smallest absolute Gasteiger partial charge is 0.310 e. The molecule has 2 nitrogen and oxygen atoms in total. The summed E-state index contributed by atoms with van der Waals surface area (Å²) in [5.74, 6) is -0.277. The number of hydrogen-bond acceptors (Lipinski definition) is 2. The highest BCUT2D eigenvalue weighted by atomic mass is 79.9. The maximum atomic E-state index is 11.6. The first-order chi connectivity index (χ1) is 7.29. The molecule has 0 heterocycles. The fraction of sp³-hybridized carbons (Fsp3) is 0.417. The average molecular weight is 306 g/mol. The molecule has 1 rings (SSSR count). The van der Waals surface area contributed by atoms with Crippen LogP contribution in [0.4, 0.5) is 0 Å². The van der Waals surface area contributed by atoms with Gasteiger partial charge in [0.15, 0.2) is 0 Å². The van der Waals surface area contributed by atoms with Crippen LogP contribution in [0.3, 0.4) is 0 Å². The molecule has 0 aliphatic heterocycles. The Morgan fingerprint density at radius 2 is 2.06 bits per heavy atom. The highest BCUT2D eigenvalue weighted by Crippen LogP contribution is 2.25. The van der Waals surface area contributed by atoms with Gasteiger partial charge in [-0.25, -0.2) is 0 Å². The minimum atomic E-state index is -0.467. The van der Waals surface area contributed by atoms with E-state index in [0.29, 0.717) is 5.02 Å². The lowest BCUT2D eigenvalue weighted by Crippen LogP contribution is -2.25. The minimum Gasteiger partial charge on any atom is -0.460 e. The third-order valence-electron chi connectivity index (χ3n) is 1.80. The summed E-state index contributed by atoms with van der Waals surface area (Å²) in [7, 11) is 0. The average Bonchev–Trinajstić information content (AvgIpc) is 2.08. The Kier molecular flexibility index (Phi) is 4.39. The summed E-state index contributed by atoms with van der Waals surface area (Å²) in [6.07, 6.45) is 0.178. The molecule has 0 saturated carbocycles. The molecule has 0 fully saturated rings. The molecule has 0 aliphatic carbocycles. The zero-order valence-electron chi connectivity index (χ0n) is 9.51. The second kappa shape index (κ2) is 5.19. The Balaban J connectivity index is 2.78. The summed E-state index contributed by atoms with van der Waals surface area (Å²) in [4.78, 5) is 11.6. The molecule has 4 heteroatoms. The fourth-order valence-electron chi connectivity index (χ4n) is 1.22. The van der Waals surface area contributed by atoms with Crippen molar-refractivity contribution in [1.82, 2.24) is 0 Å². The monoisotopic (exact) mass is 304 g/mol. The normalized spacial score (nSPS) is 11.3. The maximum absolute atomic E-state index is 11.6. The lowest BCUT2D eigenvalue weighted by Gasteiger charge is -2.19. The fourth-order valence-corrected chi connectivity index (χ4v) is 2.09. The van der Waals surface area contributed by atoms with Crippen LogP contribution in [0.15, 0.2) is 22.7 Å². The van der Waals surface area contributed by atoms with Crippen LogP contribution in [0.25, 0.3) is 0 Å². The molecule has 0 unspecified atom stereocenters. The SMILES string of the molecule is CC(C)(C)OC(=O)Cc1c(Cl)cccc1Br. The molecule has 0 aliphatic rings. The molecule has 0 N–H and O–H groups in total. The van der Waals surface area contributed by atoms with Crippen LogP contribution in [-0.4, -0.2) is 11.6 Å². The number of ether oxygens (including phenoxy) is 1. The van der Waals surface area contributed by atoms with Crippen LogP contribution in [0, 0.1) is 0 Å². The van der Waals surface area contributed by atoms with E-state index in [1.807, 2.05) is 32.9 Å². The molecule has 88 valence electrons. The number of halogens is 2. The van der Waals surface area contributed by atoms with Crippen molar-refractivity contribution in [2.24, 2.45) is 0 Å². The second-order valence-electron chi connectivity index (χ2n) is 4.46. The molecule has 0 bridgehead atoms. The zero-order chi connectivity index (χ0) is 12.3. The van der Waals surface area contributed by atoms with Gasteiger partial charge in [-0.2, -0.15) is 0 Å². The molecular formula is C12H14BrClO2. The minimum absolute atomic E-state index is 0.178. The van der Waals surface area contributed by atoms with E-state index in [2.05, 4.69) is 15.9 Å². The highest BCUT2D eigenvalue weighted by molar-refractivity contribution is 9.10. The molecule has 0 saturated heterocycles. The van der Waals surface area contributed by atoms with Gasteiger partial charge < -0.3 is 4.74 Å². The van der Waals surface area contributed by atoms with Crippen LogP contribution in [0.5, 0.6) is 0 Å². The zero-order valence-corrected chi connectivity index (χ0v) is 11.9. The molecule has 0 aromatic heterocycles. The van der Waals surface area contributed by atoms with Crippen molar-refractivity contribution in [3.63, 3.8) is 0 Å². The van der Waals surface area contributed by atoms with Crippen LogP contribution in [0.1, 0.15) is 26.3 Å². The van der Waals surface area contributed by atoms with Crippen molar-refractivity contribution in [2.75, 3.05) is 0 Å². The molecule has 0 atom stereocenters. The van der Waals surface area contributed by atoms with Crippen LogP contribution < -0.4 is 0 Å². The first-order valence-corrected chi connectivity index (χ1v) is 6.11. The summed E-state index contributed by atoms with van der Waals surface area (Å²) in [6.45, 7) is 5.52. The third kappa shape index (κ3) is 4.14. The Morgan fingerprint density at radius 3 is 2.56 bits per heavy atom. The van der Waals surface area contributed by atoms with Gasteiger partial charge in [-0.05, 0) is 38.5 Å². The maximum Gasteiger partial charge on any atom is 0.310 e. The Labute approximate surface area is 109 Å². The van der Waals surface area contributed by atoms with Crippen molar-refractivity contribution in [2.45, 2.75) is 32.8 Å². The summed E-state index contributed by atoms with van der Waals surface area (Å²) < 4.78 is 6.06. The van der Waals surface area contributed by atoms with Crippen LogP contribution in [-0.2, 0) is 16.0 Å². The van der Waals surface area contributed by atoms with Gasteiger partial charge in [0.25, 0.3) is 0 Å². The molecule has 0 amide bonds. The largest absolute Gasteiger partial charge is 0.460 e. The summed E-state index contributed by atoms with van der Waals surface area (Å²) in [6, 6.07) is 5.43. The van der Waals surface area contributed by atoms with Crippen LogP contribution in [0.2, 0.25) is 5.02 Å². The highest BCUT2D eigenvalue weighted by Gasteiger charge is 2.18. The van der Waals surface area contributed by atoms with E-state index in [4.69, 9.17) is 16.3 Å². The molecule has 16 heavy (non-hydrogen) atoms. The summed E-state index contributed by atoms with van der Waals surface area (Å²) >= 11 is 9.37. The number of carbonyl (C=O) groups is 1. The summed E-state index contributed by atoms with van der Waals surface area (Å²) in [5.41, 5.74) is 0.295. The number of esters is 1. The van der Waals surface area contributed by atoms with E-state index >= 15 is 0 Å². The van der Waals surface area contributed by atoms with Gasteiger partial charge in [-0.3, -0.25) is 4.79 Å². The van der Waals surface area contributed by atoms with Gasteiger partial charge in [0.1, 0.15) is 5.60 Å². The van der Waals surface area contributed by atoms with Gasteiger partial charge >= 0.3 is 5.97 Å². The van der Waals surface area contributed by atoms with E-state index in [1.54, 1.807) is 6.07 Å². The van der Waals surface area contributed by atoms with Crippen molar-refractivity contribution >= 4 is 33.5 Å². The summed E-state index contributed by atoms with van der Waals surface area (Å²) in [5, 5.41) is 0.570. The van der Waals surface area contributed by atoms with Gasteiger partial charge in [-0.1, -0.05) is 33.6 Å². The number of rotatable bonds is 2. The first-order valence-electron chi connectivity index (χ1n) is 4.94. The Bertz CT molecular complexity index is 376. The molecule has 1 aromatic rings. The van der Waals surface area contributed by atoms with Crippen molar-refractivity contribution in [3.05, 3.63) is 33.3 Å². The molecular weight excluding hydrogens is 291 g/mol. The quantitative estimate of drug-likeness (QED) is 0.772.